The van der Waals surface area contributed by atoms with E-state index in [0.29, 0.717) is 17.3 Å². The minimum atomic E-state index is -0.430. The fourth-order valence-corrected chi connectivity index (χ4v) is 2.80. The van der Waals surface area contributed by atoms with Gasteiger partial charge in [-0.15, -0.1) is 0 Å². The van der Waals surface area contributed by atoms with Crippen molar-refractivity contribution in [1.82, 2.24) is 4.98 Å². The molecule has 2 amide bonds. The minimum Gasteiger partial charge on any atom is -0.319 e. The number of hydrogen-bond donors (Lipinski definition) is 1. The Morgan fingerprint density at radius 2 is 1.59 bits per heavy atom. The number of anilines is 2. The van der Waals surface area contributed by atoms with E-state index in [1.807, 2.05) is 37.3 Å². The molecular weight excluding hydrogens is 362 g/mol. The van der Waals surface area contributed by atoms with Crippen LogP contribution in [0.15, 0.2) is 72.8 Å². The summed E-state index contributed by atoms with van der Waals surface area (Å²) in [6.45, 7) is 2.37. The van der Waals surface area contributed by atoms with Gasteiger partial charge in [0.2, 0.25) is 0 Å². The van der Waals surface area contributed by atoms with Gasteiger partial charge in [-0.25, -0.2) is 4.98 Å². The van der Waals surface area contributed by atoms with Crippen LogP contribution in [0.5, 0.6) is 0 Å². The molecule has 2 aromatic carbocycles. The van der Waals surface area contributed by atoms with Crippen LogP contribution in [-0.2, 0) is 0 Å². The molecule has 1 heterocycles. The highest BCUT2D eigenvalue weighted by molar-refractivity contribution is 6.33. The van der Waals surface area contributed by atoms with Crippen LogP contribution in [0.4, 0.5) is 11.4 Å². The number of halogens is 1. The maximum Gasteiger partial charge on any atom is 0.276 e. The third kappa shape index (κ3) is 4.33. The van der Waals surface area contributed by atoms with Gasteiger partial charge < -0.3 is 10.2 Å². The number of nitrogens with one attached hydrogen (secondary N) is 1. The Morgan fingerprint density at radius 1 is 0.926 bits per heavy atom. The molecule has 5 nitrogen and oxygen atoms in total. The second-order valence-electron chi connectivity index (χ2n) is 5.73. The Morgan fingerprint density at radius 3 is 2.30 bits per heavy atom. The fourth-order valence-electron chi connectivity index (χ4n) is 2.62. The largest absolute Gasteiger partial charge is 0.319 e. The average Bonchev–Trinajstić information content (AvgIpc) is 2.71. The van der Waals surface area contributed by atoms with Crippen molar-refractivity contribution < 1.29 is 9.59 Å². The van der Waals surface area contributed by atoms with Gasteiger partial charge in [-0.2, -0.15) is 0 Å². The summed E-state index contributed by atoms with van der Waals surface area (Å²) in [6, 6.07) is 21.1. The lowest BCUT2D eigenvalue weighted by atomic mass is 10.2. The Balaban J connectivity index is 1.83. The number of para-hydroxylation sites is 2. The van der Waals surface area contributed by atoms with E-state index in [2.05, 4.69) is 10.3 Å². The number of nitrogens with zero attached hydrogens (tertiary/aromatic N) is 2. The molecule has 0 bridgehead atoms. The van der Waals surface area contributed by atoms with E-state index in [1.54, 1.807) is 47.4 Å². The molecule has 0 fully saturated rings. The van der Waals surface area contributed by atoms with Crippen molar-refractivity contribution in [1.29, 1.82) is 0 Å². The lowest BCUT2D eigenvalue weighted by molar-refractivity contribution is 0.0983. The second kappa shape index (κ2) is 8.47. The number of hydrogen-bond acceptors (Lipinski definition) is 3. The molecule has 0 saturated carbocycles. The number of amides is 2. The Kier molecular flexibility index (Phi) is 5.84. The molecule has 3 aromatic rings. The van der Waals surface area contributed by atoms with E-state index in [4.69, 9.17) is 11.6 Å². The van der Waals surface area contributed by atoms with Crippen LogP contribution < -0.4 is 10.2 Å². The van der Waals surface area contributed by atoms with E-state index >= 15 is 0 Å². The van der Waals surface area contributed by atoms with Gasteiger partial charge in [0.1, 0.15) is 11.4 Å². The monoisotopic (exact) mass is 379 g/mol. The fraction of sp³-hybridized carbons (Fsp3) is 0.0952. The highest BCUT2D eigenvalue weighted by Crippen LogP contribution is 2.21. The SMILES string of the molecule is CCN(C(=O)c1cccc(C(=O)Nc2ccccc2Cl)n1)c1ccccc1. The lowest BCUT2D eigenvalue weighted by Gasteiger charge is -2.20. The third-order valence-corrected chi connectivity index (χ3v) is 4.28. The van der Waals surface area contributed by atoms with Crippen molar-refractivity contribution in [3.63, 3.8) is 0 Å². The zero-order chi connectivity index (χ0) is 19.2. The van der Waals surface area contributed by atoms with Crippen molar-refractivity contribution in [3.8, 4) is 0 Å². The van der Waals surface area contributed by atoms with Gasteiger partial charge in [-0.3, -0.25) is 9.59 Å². The van der Waals surface area contributed by atoms with Crippen molar-refractivity contribution >= 4 is 34.8 Å². The van der Waals surface area contributed by atoms with Crippen LogP contribution in [0.1, 0.15) is 27.9 Å². The molecule has 0 unspecified atom stereocenters. The summed E-state index contributed by atoms with van der Waals surface area (Å²) in [7, 11) is 0. The average molecular weight is 380 g/mol. The Labute approximate surface area is 162 Å². The molecule has 136 valence electrons. The molecule has 0 radical (unpaired) electrons. The molecule has 0 aliphatic heterocycles. The van der Waals surface area contributed by atoms with Crippen molar-refractivity contribution in [2.45, 2.75) is 6.92 Å². The predicted octanol–water partition coefficient (Wildman–Crippen LogP) is 4.65. The van der Waals surface area contributed by atoms with E-state index < -0.39 is 5.91 Å². The molecule has 0 aliphatic rings. The number of aromatic nitrogens is 1. The van der Waals surface area contributed by atoms with Crippen LogP contribution in [0.2, 0.25) is 5.02 Å². The van der Waals surface area contributed by atoms with Gasteiger partial charge in [0.25, 0.3) is 11.8 Å². The molecule has 0 atom stereocenters. The molecular formula is C21H18ClN3O2. The number of carbonyl (C=O) groups is 2. The van der Waals surface area contributed by atoms with Crippen LogP contribution in [0, 0.1) is 0 Å². The molecule has 3 rings (SSSR count). The summed E-state index contributed by atoms with van der Waals surface area (Å²) in [5.74, 6) is -0.698. The van der Waals surface area contributed by atoms with Crippen molar-refractivity contribution in [3.05, 3.63) is 89.2 Å². The van der Waals surface area contributed by atoms with E-state index in [-0.39, 0.29) is 17.3 Å². The normalized spacial score (nSPS) is 10.3. The number of carbonyl (C=O) groups excluding carboxylic acids is 2. The van der Waals surface area contributed by atoms with E-state index in [0.717, 1.165) is 5.69 Å². The molecule has 1 N–H and O–H groups in total. The molecule has 0 spiro atoms. The molecule has 1 aromatic heterocycles. The summed E-state index contributed by atoms with van der Waals surface area (Å²) in [6.07, 6.45) is 0. The highest BCUT2D eigenvalue weighted by Gasteiger charge is 2.19. The van der Waals surface area contributed by atoms with Crippen LogP contribution in [0.25, 0.3) is 0 Å². The molecule has 27 heavy (non-hydrogen) atoms. The van der Waals surface area contributed by atoms with Crippen LogP contribution >= 0.6 is 11.6 Å². The molecule has 6 heteroatoms. The summed E-state index contributed by atoms with van der Waals surface area (Å²) < 4.78 is 0. The van der Waals surface area contributed by atoms with Gasteiger partial charge in [0.15, 0.2) is 0 Å². The molecule has 0 aliphatic carbocycles. The highest BCUT2D eigenvalue weighted by atomic mass is 35.5. The standard InChI is InChI=1S/C21H18ClN3O2/c1-2-25(15-9-4-3-5-10-15)21(27)19-14-8-13-18(23-19)20(26)24-17-12-7-6-11-16(17)22/h3-14H,2H2,1H3,(H,24,26). The van der Waals surface area contributed by atoms with Gasteiger partial charge in [-0.05, 0) is 43.3 Å². The zero-order valence-corrected chi connectivity index (χ0v) is 15.5. The minimum absolute atomic E-state index is 0.143. The smallest absolute Gasteiger partial charge is 0.276 e. The lowest BCUT2D eigenvalue weighted by Crippen LogP contribution is -2.31. The predicted molar refractivity (Wildman–Crippen MR) is 107 cm³/mol. The Bertz CT molecular complexity index is 960. The first-order valence-corrected chi connectivity index (χ1v) is 8.88. The molecule has 0 saturated heterocycles. The van der Waals surface area contributed by atoms with Crippen LogP contribution in [-0.4, -0.2) is 23.3 Å². The second-order valence-corrected chi connectivity index (χ2v) is 6.13. The summed E-state index contributed by atoms with van der Waals surface area (Å²) in [5.41, 5.74) is 1.61. The van der Waals surface area contributed by atoms with Crippen LogP contribution in [0.3, 0.4) is 0 Å². The topological polar surface area (TPSA) is 62.3 Å². The number of rotatable bonds is 5. The quantitative estimate of drug-likeness (QED) is 0.701. The number of pyridine rings is 1. The first-order valence-electron chi connectivity index (χ1n) is 8.50. The summed E-state index contributed by atoms with van der Waals surface area (Å²) >= 11 is 6.07. The van der Waals surface area contributed by atoms with Gasteiger partial charge in [-0.1, -0.05) is 48.0 Å². The first kappa shape index (κ1) is 18.6. The zero-order valence-electron chi connectivity index (χ0n) is 14.7. The maximum atomic E-state index is 12.9. The van der Waals surface area contributed by atoms with E-state index in [9.17, 15) is 9.59 Å². The van der Waals surface area contributed by atoms with E-state index in [1.165, 1.54) is 0 Å². The van der Waals surface area contributed by atoms with Crippen molar-refractivity contribution in [2.24, 2.45) is 0 Å². The van der Waals surface area contributed by atoms with Gasteiger partial charge >= 0.3 is 0 Å². The van der Waals surface area contributed by atoms with Crippen molar-refractivity contribution in [2.75, 3.05) is 16.8 Å². The third-order valence-electron chi connectivity index (χ3n) is 3.95. The Hall–Kier alpha value is -3.18. The summed E-state index contributed by atoms with van der Waals surface area (Å²) in [4.78, 5) is 31.2. The maximum absolute atomic E-state index is 12.9. The first-order chi connectivity index (χ1) is 13.1. The van der Waals surface area contributed by atoms with Gasteiger partial charge in [0, 0.05) is 12.2 Å². The van der Waals surface area contributed by atoms with Gasteiger partial charge in [0.05, 0.1) is 10.7 Å². The summed E-state index contributed by atoms with van der Waals surface area (Å²) in [5, 5.41) is 3.14. The number of benzene rings is 2.